The maximum Gasteiger partial charge on any atom is 0.171 e. The first-order valence-corrected chi connectivity index (χ1v) is 6.88. The number of aromatic amines is 1. The summed E-state index contributed by atoms with van der Waals surface area (Å²) < 4.78 is 37.2. The topological polar surface area (TPSA) is 60.0 Å². The highest BCUT2D eigenvalue weighted by Gasteiger charge is 2.18. The second-order valence-corrected chi connectivity index (χ2v) is 4.47. The van der Waals surface area contributed by atoms with Crippen molar-refractivity contribution in [2.24, 2.45) is 0 Å². The Morgan fingerprint density at radius 1 is 1.32 bits per heavy atom. The van der Waals surface area contributed by atoms with Gasteiger partial charge in [0.05, 0.1) is 6.61 Å². The first-order chi connectivity index (χ1) is 10.6. The highest BCUT2D eigenvalue weighted by molar-refractivity contribution is 5.35. The zero-order valence-corrected chi connectivity index (χ0v) is 12.2. The summed E-state index contributed by atoms with van der Waals surface area (Å²) >= 11 is 0. The van der Waals surface area contributed by atoms with E-state index >= 15 is 0 Å². The van der Waals surface area contributed by atoms with Crippen LogP contribution in [0.2, 0.25) is 0 Å². The molecule has 1 aromatic carbocycles. The molecule has 0 amide bonds. The predicted octanol–water partition coefficient (Wildman–Crippen LogP) is 3.27. The molecule has 1 unspecified atom stereocenters. The van der Waals surface area contributed by atoms with E-state index in [-0.39, 0.29) is 5.75 Å². The number of benzene rings is 1. The van der Waals surface area contributed by atoms with Gasteiger partial charge in [-0.2, -0.15) is 0 Å². The van der Waals surface area contributed by atoms with Crippen molar-refractivity contribution in [3.8, 4) is 5.75 Å². The molecule has 2 rings (SSSR count). The van der Waals surface area contributed by atoms with E-state index in [4.69, 9.17) is 9.47 Å². The highest BCUT2D eigenvalue weighted by atomic mass is 19.2. The fourth-order valence-electron chi connectivity index (χ4n) is 1.83. The quantitative estimate of drug-likeness (QED) is 0.760. The molecular weight excluding hydrogens is 292 g/mol. The van der Waals surface area contributed by atoms with Crippen molar-refractivity contribution in [1.82, 2.24) is 15.2 Å². The van der Waals surface area contributed by atoms with Crippen LogP contribution in [0.25, 0.3) is 6.08 Å². The maximum absolute atomic E-state index is 13.3. The molecule has 0 aliphatic rings. The predicted molar refractivity (Wildman–Crippen MR) is 77.3 cm³/mol. The third kappa shape index (κ3) is 4.11. The van der Waals surface area contributed by atoms with Crippen LogP contribution in [-0.4, -0.2) is 28.4 Å². The molecule has 1 atom stereocenters. The number of nitrogens with one attached hydrogen (secondary N) is 1. The molecule has 7 heteroatoms. The maximum atomic E-state index is 13.3. The summed E-state index contributed by atoms with van der Waals surface area (Å²) in [6.45, 7) is 6.49. The fourth-order valence-corrected chi connectivity index (χ4v) is 1.83. The van der Waals surface area contributed by atoms with E-state index in [1.807, 2.05) is 6.92 Å². The first kappa shape index (κ1) is 16.1. The fraction of sp³-hybridized carbons (Fsp3) is 0.333. The van der Waals surface area contributed by atoms with E-state index in [1.54, 1.807) is 0 Å². The Morgan fingerprint density at radius 3 is 2.77 bits per heavy atom. The number of H-pyrrole nitrogens is 1. The van der Waals surface area contributed by atoms with E-state index < -0.39 is 17.7 Å². The summed E-state index contributed by atoms with van der Waals surface area (Å²) in [7, 11) is 0. The first-order valence-electron chi connectivity index (χ1n) is 6.88. The van der Waals surface area contributed by atoms with Crippen molar-refractivity contribution in [2.45, 2.75) is 19.4 Å². The van der Waals surface area contributed by atoms with Crippen molar-refractivity contribution in [1.29, 1.82) is 0 Å². The van der Waals surface area contributed by atoms with Gasteiger partial charge in [-0.05, 0) is 25.1 Å². The van der Waals surface area contributed by atoms with Gasteiger partial charge in [-0.1, -0.05) is 6.58 Å². The van der Waals surface area contributed by atoms with Crippen LogP contribution in [-0.2, 0) is 4.74 Å². The summed E-state index contributed by atoms with van der Waals surface area (Å²) in [5.41, 5.74) is 0. The van der Waals surface area contributed by atoms with Crippen LogP contribution in [0, 0.1) is 11.6 Å². The van der Waals surface area contributed by atoms with Crippen molar-refractivity contribution >= 4 is 6.08 Å². The van der Waals surface area contributed by atoms with Crippen LogP contribution in [0.3, 0.4) is 0 Å². The van der Waals surface area contributed by atoms with Crippen molar-refractivity contribution in [2.75, 3.05) is 13.2 Å². The van der Waals surface area contributed by atoms with Crippen LogP contribution in [0.1, 0.15) is 31.1 Å². The number of halogens is 2. The number of rotatable bonds is 8. The second-order valence-electron chi connectivity index (χ2n) is 4.47. The minimum absolute atomic E-state index is 0.206. The third-order valence-corrected chi connectivity index (χ3v) is 2.92. The van der Waals surface area contributed by atoms with Crippen LogP contribution >= 0.6 is 0 Å². The van der Waals surface area contributed by atoms with Crippen LogP contribution in [0.5, 0.6) is 5.75 Å². The molecule has 0 saturated heterocycles. The molecule has 5 nitrogen and oxygen atoms in total. The molecule has 0 bridgehead atoms. The van der Waals surface area contributed by atoms with E-state index in [1.165, 1.54) is 12.1 Å². The highest BCUT2D eigenvalue weighted by Crippen LogP contribution is 2.24. The molecule has 22 heavy (non-hydrogen) atoms. The molecule has 0 aliphatic carbocycles. The third-order valence-electron chi connectivity index (χ3n) is 2.92. The second kappa shape index (κ2) is 7.65. The Morgan fingerprint density at radius 2 is 2.14 bits per heavy atom. The number of hydrogen-bond acceptors (Lipinski definition) is 4. The van der Waals surface area contributed by atoms with Gasteiger partial charge in [0.25, 0.3) is 0 Å². The van der Waals surface area contributed by atoms with E-state index in [0.29, 0.717) is 31.3 Å². The van der Waals surface area contributed by atoms with Gasteiger partial charge in [-0.15, -0.1) is 10.2 Å². The minimum Gasteiger partial charge on any atom is -0.482 e. The van der Waals surface area contributed by atoms with Crippen LogP contribution < -0.4 is 4.74 Å². The van der Waals surface area contributed by atoms with Crippen LogP contribution in [0.4, 0.5) is 8.78 Å². The summed E-state index contributed by atoms with van der Waals surface area (Å²) in [5, 5.41) is 7.86. The van der Waals surface area contributed by atoms with Crippen LogP contribution in [0.15, 0.2) is 24.8 Å². The molecule has 0 saturated carbocycles. The SMILES string of the molecule is C=Cc1nnc(C(CCOCC)Oc2ccc(F)c(F)c2)[nH]1. The van der Waals surface area contributed by atoms with Gasteiger partial charge in [-0.25, -0.2) is 8.78 Å². The number of hydrogen-bond donors (Lipinski definition) is 1. The average molecular weight is 309 g/mol. The lowest BCUT2D eigenvalue weighted by molar-refractivity contribution is 0.0961. The monoisotopic (exact) mass is 309 g/mol. The van der Waals surface area contributed by atoms with Crippen molar-refractivity contribution in [3.63, 3.8) is 0 Å². The summed E-state index contributed by atoms with van der Waals surface area (Å²) in [6.07, 6.45) is 1.49. The summed E-state index contributed by atoms with van der Waals surface area (Å²) in [6, 6.07) is 3.37. The zero-order chi connectivity index (χ0) is 15.9. The van der Waals surface area contributed by atoms with Gasteiger partial charge in [0.1, 0.15) is 5.75 Å². The number of aromatic nitrogens is 3. The molecule has 118 valence electrons. The molecule has 1 N–H and O–H groups in total. The Balaban J connectivity index is 2.15. The summed E-state index contributed by atoms with van der Waals surface area (Å²) in [4.78, 5) is 2.95. The van der Waals surface area contributed by atoms with Crippen molar-refractivity contribution in [3.05, 3.63) is 48.1 Å². The molecule has 1 aromatic heterocycles. The standard InChI is InChI=1S/C15H17F2N3O2/c1-3-14-18-15(20-19-14)13(7-8-21-4-2)22-10-5-6-11(16)12(17)9-10/h3,5-6,9,13H,1,4,7-8H2,2H3,(H,18,19,20). The molecule has 0 fully saturated rings. The lowest BCUT2D eigenvalue weighted by atomic mass is 10.2. The molecular formula is C15H17F2N3O2. The largest absolute Gasteiger partial charge is 0.482 e. The number of ether oxygens (including phenoxy) is 2. The van der Waals surface area contributed by atoms with Gasteiger partial charge < -0.3 is 14.5 Å². The summed E-state index contributed by atoms with van der Waals surface area (Å²) in [5.74, 6) is -0.709. The Bertz CT molecular complexity index is 631. The average Bonchev–Trinajstić information content (AvgIpc) is 2.99. The van der Waals surface area contributed by atoms with Crippen molar-refractivity contribution < 1.29 is 18.3 Å². The lowest BCUT2D eigenvalue weighted by Crippen LogP contribution is -2.13. The van der Waals surface area contributed by atoms with E-state index in [2.05, 4.69) is 21.8 Å². The van der Waals surface area contributed by atoms with Gasteiger partial charge in [0.2, 0.25) is 0 Å². The Hall–Kier alpha value is -2.28. The minimum atomic E-state index is -0.967. The molecule has 1 heterocycles. The Kier molecular flexibility index (Phi) is 5.60. The molecule has 0 aliphatic heterocycles. The zero-order valence-electron chi connectivity index (χ0n) is 12.2. The number of nitrogens with zero attached hydrogens (tertiary/aromatic N) is 2. The van der Waals surface area contributed by atoms with Gasteiger partial charge in [0, 0.05) is 19.1 Å². The van der Waals surface area contributed by atoms with Gasteiger partial charge >= 0.3 is 0 Å². The van der Waals surface area contributed by atoms with E-state index in [0.717, 1.165) is 12.1 Å². The Labute approximate surface area is 127 Å². The molecule has 0 radical (unpaired) electrons. The molecule has 0 spiro atoms. The van der Waals surface area contributed by atoms with Gasteiger partial charge in [0.15, 0.2) is 29.4 Å². The van der Waals surface area contributed by atoms with Gasteiger partial charge in [-0.3, -0.25) is 0 Å². The normalized spacial score (nSPS) is 12.1. The lowest BCUT2D eigenvalue weighted by Gasteiger charge is -2.17. The molecule has 2 aromatic rings. The smallest absolute Gasteiger partial charge is 0.171 e. The van der Waals surface area contributed by atoms with E-state index in [9.17, 15) is 8.78 Å².